The van der Waals surface area contributed by atoms with Gasteiger partial charge in [-0.3, -0.25) is 9.69 Å². The molecule has 2 bridgehead atoms. The molecule has 9 nitrogen and oxygen atoms in total. The Bertz CT molecular complexity index is 1330. The molecular weight excluding hydrogens is 475 g/mol. The van der Waals surface area contributed by atoms with Crippen LogP contribution in [0.4, 0.5) is 10.2 Å². The molecular formula is C27H33FN6O3. The van der Waals surface area contributed by atoms with Crippen molar-refractivity contribution in [3.8, 4) is 5.82 Å². The normalized spacial score (nSPS) is 25.8. The lowest BCUT2D eigenvalue weighted by molar-refractivity contribution is -0.145. The molecule has 3 aliphatic heterocycles. The summed E-state index contributed by atoms with van der Waals surface area (Å²) < 4.78 is 28.1. The molecule has 0 N–H and O–H groups in total. The third kappa shape index (κ3) is 4.57. The number of hydrogen-bond acceptors (Lipinski definition) is 8. The van der Waals surface area contributed by atoms with Crippen LogP contribution < -0.4 is 4.90 Å². The minimum atomic E-state index is -1.07. The van der Waals surface area contributed by atoms with E-state index in [0.29, 0.717) is 37.3 Å². The van der Waals surface area contributed by atoms with Crippen molar-refractivity contribution >= 4 is 22.7 Å². The van der Waals surface area contributed by atoms with E-state index in [1.807, 2.05) is 35.7 Å². The van der Waals surface area contributed by atoms with Gasteiger partial charge in [0.1, 0.15) is 17.8 Å². The van der Waals surface area contributed by atoms with E-state index in [1.54, 1.807) is 6.92 Å². The number of rotatable bonds is 6. The summed E-state index contributed by atoms with van der Waals surface area (Å²) in [7, 11) is 0. The first kappa shape index (κ1) is 24.2. The van der Waals surface area contributed by atoms with E-state index in [2.05, 4.69) is 22.1 Å². The highest BCUT2D eigenvalue weighted by atomic mass is 19.1. The maximum atomic E-state index is 15.4. The number of hydrogen-bond donors (Lipinski definition) is 0. The quantitative estimate of drug-likeness (QED) is 0.470. The van der Waals surface area contributed by atoms with Crippen LogP contribution in [0.5, 0.6) is 0 Å². The molecule has 0 aliphatic carbocycles. The highest BCUT2D eigenvalue weighted by Gasteiger charge is 2.40. The summed E-state index contributed by atoms with van der Waals surface area (Å²) in [5.74, 6) is 1.74. The van der Waals surface area contributed by atoms with Gasteiger partial charge in [-0.2, -0.15) is 5.10 Å². The van der Waals surface area contributed by atoms with Crippen molar-refractivity contribution in [1.82, 2.24) is 24.6 Å². The Hall–Kier alpha value is -3.11. The standard InChI is InChI=1S/C27H33FN6O3/c1-4-36-27(35)14-32-6-5-21(23(28)13-32)22-9-24-18(7-16(22)2)11-29-34(24)26-10-25(30-17(3)31-26)33-12-20-8-19(33)15-37-20/h7,9-11,19-21,23H,4-6,8,12-15H2,1-3H3/t19-,20-,21+,23+/m0/s1. The van der Waals surface area contributed by atoms with E-state index in [-0.39, 0.29) is 31.1 Å². The van der Waals surface area contributed by atoms with Crippen molar-refractivity contribution in [2.24, 2.45) is 0 Å². The number of nitrogens with zero attached hydrogens (tertiary/aromatic N) is 6. The number of likely N-dealkylation sites (tertiary alicyclic amines) is 1. The Morgan fingerprint density at radius 2 is 2.03 bits per heavy atom. The highest BCUT2D eigenvalue weighted by Crippen LogP contribution is 2.36. The Balaban J connectivity index is 1.29. The summed E-state index contributed by atoms with van der Waals surface area (Å²) in [6.45, 7) is 8.62. The Labute approximate surface area is 215 Å². The fourth-order valence-electron chi connectivity index (χ4n) is 6.11. The summed E-state index contributed by atoms with van der Waals surface area (Å²) in [4.78, 5) is 25.4. The predicted octanol–water partition coefficient (Wildman–Crippen LogP) is 3.10. The van der Waals surface area contributed by atoms with Crippen LogP contribution in [0.15, 0.2) is 24.4 Å². The van der Waals surface area contributed by atoms with Crippen molar-refractivity contribution in [2.45, 2.75) is 57.8 Å². The van der Waals surface area contributed by atoms with Crippen LogP contribution in [0.3, 0.4) is 0 Å². The van der Waals surface area contributed by atoms with Gasteiger partial charge in [0.2, 0.25) is 0 Å². The molecule has 0 amide bonds. The van der Waals surface area contributed by atoms with Gasteiger partial charge in [-0.25, -0.2) is 19.0 Å². The Morgan fingerprint density at radius 1 is 1.19 bits per heavy atom. The van der Waals surface area contributed by atoms with E-state index >= 15 is 4.39 Å². The fraction of sp³-hybridized carbons (Fsp3) is 0.556. The van der Waals surface area contributed by atoms with Crippen molar-refractivity contribution in [1.29, 1.82) is 0 Å². The van der Waals surface area contributed by atoms with Crippen LogP contribution in [-0.2, 0) is 14.3 Å². The van der Waals surface area contributed by atoms with Crippen LogP contribution in [0.25, 0.3) is 16.7 Å². The number of carbonyl (C=O) groups is 1. The summed E-state index contributed by atoms with van der Waals surface area (Å²) in [6.07, 6.45) is 2.71. The van der Waals surface area contributed by atoms with Crippen LogP contribution in [0.1, 0.15) is 42.6 Å². The second-order valence-electron chi connectivity index (χ2n) is 10.4. The molecule has 37 heavy (non-hydrogen) atoms. The number of aromatic nitrogens is 4. The van der Waals surface area contributed by atoms with Crippen LogP contribution in [0, 0.1) is 13.8 Å². The summed E-state index contributed by atoms with van der Waals surface area (Å²) in [6, 6.07) is 6.49. The maximum Gasteiger partial charge on any atom is 0.320 e. The van der Waals surface area contributed by atoms with Crippen molar-refractivity contribution in [2.75, 3.05) is 44.3 Å². The number of ether oxygens (including phenoxy) is 2. The number of fused-ring (bicyclic) bond motifs is 3. The second-order valence-corrected chi connectivity index (χ2v) is 10.4. The minimum Gasteiger partial charge on any atom is -0.465 e. The van der Waals surface area contributed by atoms with Crippen molar-refractivity contribution < 1.29 is 18.7 Å². The zero-order valence-electron chi connectivity index (χ0n) is 21.6. The van der Waals surface area contributed by atoms with Crippen LogP contribution >= 0.6 is 0 Å². The van der Waals surface area contributed by atoms with Gasteiger partial charge in [-0.1, -0.05) is 0 Å². The Kier molecular flexibility index (Phi) is 6.32. The molecule has 0 saturated carbocycles. The zero-order valence-corrected chi connectivity index (χ0v) is 21.6. The SMILES string of the molecule is CCOC(=O)CN1CC[C@H](c2cc3c(cnn3-c3cc(N4C[C@@H]5C[C@H]4CO5)nc(C)n3)cc2C)[C@H](F)C1. The first-order chi connectivity index (χ1) is 17.9. The van der Waals surface area contributed by atoms with Gasteiger partial charge in [0, 0.05) is 30.5 Å². The summed E-state index contributed by atoms with van der Waals surface area (Å²) >= 11 is 0. The number of anilines is 1. The molecule has 5 heterocycles. The smallest absolute Gasteiger partial charge is 0.320 e. The number of carbonyl (C=O) groups excluding carboxylic acids is 1. The van der Waals surface area contributed by atoms with E-state index < -0.39 is 6.17 Å². The van der Waals surface area contributed by atoms with Gasteiger partial charge in [-0.05, 0) is 63.4 Å². The van der Waals surface area contributed by atoms with Gasteiger partial charge in [0.25, 0.3) is 0 Å². The van der Waals surface area contributed by atoms with Gasteiger partial charge in [-0.15, -0.1) is 0 Å². The number of esters is 1. The largest absolute Gasteiger partial charge is 0.465 e. The average Bonchev–Trinajstić information content (AvgIpc) is 3.59. The molecule has 3 saturated heterocycles. The third-order valence-corrected chi connectivity index (χ3v) is 7.86. The molecule has 10 heteroatoms. The van der Waals surface area contributed by atoms with E-state index in [1.165, 1.54) is 0 Å². The molecule has 2 aromatic heterocycles. The molecule has 3 aliphatic rings. The molecule has 0 radical (unpaired) electrons. The molecule has 4 atom stereocenters. The van der Waals surface area contributed by atoms with E-state index in [4.69, 9.17) is 19.4 Å². The molecule has 0 spiro atoms. The van der Waals surface area contributed by atoms with E-state index in [0.717, 1.165) is 47.4 Å². The molecule has 196 valence electrons. The number of morpholine rings is 1. The fourth-order valence-corrected chi connectivity index (χ4v) is 6.11. The Morgan fingerprint density at radius 3 is 2.76 bits per heavy atom. The zero-order chi connectivity index (χ0) is 25.7. The molecule has 3 aromatic rings. The predicted molar refractivity (Wildman–Crippen MR) is 137 cm³/mol. The lowest BCUT2D eigenvalue weighted by Crippen LogP contribution is -2.43. The van der Waals surface area contributed by atoms with Gasteiger partial charge in [0.05, 0.1) is 43.6 Å². The number of halogens is 1. The van der Waals surface area contributed by atoms with Gasteiger partial charge in [0.15, 0.2) is 5.82 Å². The second kappa shape index (κ2) is 9.64. The molecule has 3 fully saturated rings. The molecule has 6 rings (SSSR count). The topological polar surface area (TPSA) is 85.6 Å². The van der Waals surface area contributed by atoms with Crippen LogP contribution in [-0.4, -0.2) is 88.3 Å². The highest BCUT2D eigenvalue weighted by molar-refractivity contribution is 5.82. The molecule has 0 unspecified atom stereocenters. The number of aryl methyl sites for hydroxylation is 2. The van der Waals surface area contributed by atoms with Gasteiger partial charge >= 0.3 is 5.97 Å². The van der Waals surface area contributed by atoms with Crippen LogP contribution in [0.2, 0.25) is 0 Å². The third-order valence-electron chi connectivity index (χ3n) is 7.86. The lowest BCUT2D eigenvalue weighted by Gasteiger charge is -2.35. The lowest BCUT2D eigenvalue weighted by atomic mass is 9.85. The first-order valence-electron chi connectivity index (χ1n) is 13.1. The summed E-state index contributed by atoms with van der Waals surface area (Å²) in [5.41, 5.74) is 2.93. The number of alkyl halides is 1. The number of benzene rings is 1. The molecule has 1 aromatic carbocycles. The number of piperidine rings is 1. The minimum absolute atomic E-state index is 0.131. The summed E-state index contributed by atoms with van der Waals surface area (Å²) in [5, 5.41) is 5.65. The van der Waals surface area contributed by atoms with Crippen molar-refractivity contribution in [3.05, 3.63) is 41.3 Å². The van der Waals surface area contributed by atoms with Gasteiger partial charge < -0.3 is 14.4 Å². The first-order valence-corrected chi connectivity index (χ1v) is 13.1. The maximum absolute atomic E-state index is 15.4. The van der Waals surface area contributed by atoms with Crippen molar-refractivity contribution in [3.63, 3.8) is 0 Å². The monoisotopic (exact) mass is 508 g/mol. The van der Waals surface area contributed by atoms with E-state index in [9.17, 15) is 4.79 Å². The average molecular weight is 509 g/mol.